The van der Waals surface area contributed by atoms with Gasteiger partial charge in [-0.2, -0.15) is 4.98 Å². The first-order valence-corrected chi connectivity index (χ1v) is 5.88. The Labute approximate surface area is 103 Å². The van der Waals surface area contributed by atoms with Crippen LogP contribution in [0.15, 0.2) is 22.7 Å². The third-order valence-electron chi connectivity index (χ3n) is 3.05. The Kier molecular flexibility index (Phi) is 2.62. The van der Waals surface area contributed by atoms with Crippen molar-refractivity contribution in [2.24, 2.45) is 0 Å². The lowest BCUT2D eigenvalue weighted by molar-refractivity contribution is 0.430. The van der Waals surface area contributed by atoms with E-state index in [2.05, 4.69) is 15.0 Å². The molecule has 18 heavy (non-hydrogen) atoms. The van der Waals surface area contributed by atoms with Gasteiger partial charge in [0.15, 0.2) is 0 Å². The van der Waals surface area contributed by atoms with Crippen molar-refractivity contribution in [1.82, 2.24) is 10.1 Å². The number of nitrogen functional groups attached to an aromatic ring is 1. The Morgan fingerprint density at radius 3 is 2.78 bits per heavy atom. The standard InChI is InChI=1S/C12H13FN4O/c13-9-4-3-8(7-10(9)14)11-15-12(16-18-11)17-5-1-2-6-17/h3-4,7H,1-2,5-6,14H2. The van der Waals surface area contributed by atoms with Crippen molar-refractivity contribution in [3.8, 4) is 11.5 Å². The van der Waals surface area contributed by atoms with Gasteiger partial charge in [0.1, 0.15) is 5.82 Å². The number of benzene rings is 1. The molecule has 0 spiro atoms. The smallest absolute Gasteiger partial charge is 0.266 e. The summed E-state index contributed by atoms with van der Waals surface area (Å²) in [4.78, 5) is 6.37. The summed E-state index contributed by atoms with van der Waals surface area (Å²) in [7, 11) is 0. The maximum absolute atomic E-state index is 13.1. The molecule has 0 saturated carbocycles. The van der Waals surface area contributed by atoms with Gasteiger partial charge in [-0.15, -0.1) is 0 Å². The molecule has 2 aromatic rings. The largest absolute Gasteiger partial charge is 0.396 e. The van der Waals surface area contributed by atoms with Crippen LogP contribution in [0.3, 0.4) is 0 Å². The highest BCUT2D eigenvalue weighted by Crippen LogP contribution is 2.24. The van der Waals surface area contributed by atoms with Gasteiger partial charge in [-0.3, -0.25) is 0 Å². The number of nitrogens with zero attached hydrogens (tertiary/aromatic N) is 3. The van der Waals surface area contributed by atoms with Gasteiger partial charge in [0, 0.05) is 18.7 Å². The monoisotopic (exact) mass is 248 g/mol. The van der Waals surface area contributed by atoms with E-state index in [0.29, 0.717) is 17.4 Å². The Hall–Kier alpha value is -2.11. The lowest BCUT2D eigenvalue weighted by Crippen LogP contribution is -2.18. The molecule has 0 radical (unpaired) electrons. The predicted molar refractivity (Wildman–Crippen MR) is 65.6 cm³/mol. The van der Waals surface area contributed by atoms with Gasteiger partial charge in [-0.25, -0.2) is 4.39 Å². The zero-order chi connectivity index (χ0) is 12.5. The highest BCUT2D eigenvalue weighted by Gasteiger charge is 2.18. The fraction of sp³-hybridized carbons (Fsp3) is 0.333. The van der Waals surface area contributed by atoms with Crippen molar-refractivity contribution in [2.75, 3.05) is 23.7 Å². The van der Waals surface area contributed by atoms with E-state index in [0.717, 1.165) is 25.9 Å². The van der Waals surface area contributed by atoms with Crippen LogP contribution < -0.4 is 10.6 Å². The van der Waals surface area contributed by atoms with Crippen molar-refractivity contribution >= 4 is 11.6 Å². The minimum atomic E-state index is -0.446. The minimum Gasteiger partial charge on any atom is -0.396 e. The maximum Gasteiger partial charge on any atom is 0.266 e. The summed E-state index contributed by atoms with van der Waals surface area (Å²) in [6, 6.07) is 4.37. The molecule has 94 valence electrons. The van der Waals surface area contributed by atoms with Crippen LogP contribution in [-0.4, -0.2) is 23.2 Å². The topological polar surface area (TPSA) is 68.2 Å². The van der Waals surface area contributed by atoms with E-state index < -0.39 is 5.82 Å². The molecule has 0 aliphatic carbocycles. The van der Waals surface area contributed by atoms with Gasteiger partial charge in [-0.05, 0) is 36.2 Å². The van der Waals surface area contributed by atoms with Gasteiger partial charge < -0.3 is 15.2 Å². The number of aromatic nitrogens is 2. The molecule has 1 aromatic heterocycles. The van der Waals surface area contributed by atoms with Crippen molar-refractivity contribution in [3.63, 3.8) is 0 Å². The predicted octanol–water partition coefficient (Wildman–Crippen LogP) is 2.06. The first kappa shape index (κ1) is 11.0. The van der Waals surface area contributed by atoms with Crippen LogP contribution in [0.2, 0.25) is 0 Å². The number of halogens is 1. The molecular weight excluding hydrogens is 235 g/mol. The van der Waals surface area contributed by atoms with E-state index in [-0.39, 0.29) is 5.69 Å². The molecule has 1 aliphatic heterocycles. The Bertz CT molecular complexity index is 563. The average molecular weight is 248 g/mol. The summed E-state index contributed by atoms with van der Waals surface area (Å²) in [5, 5.41) is 3.93. The lowest BCUT2D eigenvalue weighted by atomic mass is 10.2. The van der Waals surface area contributed by atoms with Gasteiger partial charge in [0.25, 0.3) is 11.8 Å². The summed E-state index contributed by atoms with van der Waals surface area (Å²) >= 11 is 0. The maximum atomic E-state index is 13.1. The summed E-state index contributed by atoms with van der Waals surface area (Å²) in [5.74, 6) is 0.507. The molecule has 5 nitrogen and oxygen atoms in total. The Morgan fingerprint density at radius 2 is 2.06 bits per heavy atom. The molecule has 1 aliphatic rings. The lowest BCUT2D eigenvalue weighted by Gasteiger charge is -2.09. The average Bonchev–Trinajstić information content (AvgIpc) is 3.01. The van der Waals surface area contributed by atoms with Crippen LogP contribution >= 0.6 is 0 Å². The second kappa shape index (κ2) is 4.29. The number of anilines is 2. The third kappa shape index (κ3) is 1.90. The van der Waals surface area contributed by atoms with Crippen LogP contribution in [0.25, 0.3) is 11.5 Å². The van der Waals surface area contributed by atoms with E-state index in [1.54, 1.807) is 6.07 Å². The zero-order valence-corrected chi connectivity index (χ0v) is 9.77. The summed E-state index contributed by atoms with van der Waals surface area (Å²) in [5.41, 5.74) is 6.22. The summed E-state index contributed by atoms with van der Waals surface area (Å²) < 4.78 is 18.2. The molecule has 1 aromatic carbocycles. The van der Waals surface area contributed by atoms with Crippen LogP contribution in [0.5, 0.6) is 0 Å². The molecule has 2 heterocycles. The van der Waals surface area contributed by atoms with Crippen molar-refractivity contribution in [1.29, 1.82) is 0 Å². The molecule has 0 unspecified atom stereocenters. The SMILES string of the molecule is Nc1cc(-c2nc(N3CCCC3)no2)ccc1F. The highest BCUT2D eigenvalue weighted by molar-refractivity contribution is 5.61. The quantitative estimate of drug-likeness (QED) is 0.824. The first-order valence-electron chi connectivity index (χ1n) is 5.88. The van der Waals surface area contributed by atoms with Crippen LogP contribution in [0.1, 0.15) is 12.8 Å². The third-order valence-corrected chi connectivity index (χ3v) is 3.05. The molecule has 1 fully saturated rings. The number of hydrogen-bond acceptors (Lipinski definition) is 5. The first-order chi connectivity index (χ1) is 8.74. The van der Waals surface area contributed by atoms with Crippen molar-refractivity contribution in [3.05, 3.63) is 24.0 Å². The normalized spacial score (nSPS) is 15.3. The van der Waals surface area contributed by atoms with E-state index in [4.69, 9.17) is 10.3 Å². The molecule has 3 rings (SSSR count). The van der Waals surface area contributed by atoms with Gasteiger partial charge in [-0.1, -0.05) is 0 Å². The van der Waals surface area contributed by atoms with E-state index in [9.17, 15) is 4.39 Å². The molecule has 6 heteroatoms. The molecule has 2 N–H and O–H groups in total. The van der Waals surface area contributed by atoms with Crippen LogP contribution in [0.4, 0.5) is 16.0 Å². The second-order valence-electron chi connectivity index (χ2n) is 4.33. The number of hydrogen-bond donors (Lipinski definition) is 1. The second-order valence-corrected chi connectivity index (χ2v) is 4.33. The van der Waals surface area contributed by atoms with Gasteiger partial charge >= 0.3 is 0 Å². The molecular formula is C12H13FN4O. The van der Waals surface area contributed by atoms with E-state index in [1.807, 2.05) is 0 Å². The van der Waals surface area contributed by atoms with Gasteiger partial charge in [0.05, 0.1) is 5.69 Å². The van der Waals surface area contributed by atoms with Crippen LogP contribution in [-0.2, 0) is 0 Å². The summed E-state index contributed by atoms with van der Waals surface area (Å²) in [6.45, 7) is 1.90. The molecule has 0 amide bonds. The van der Waals surface area contributed by atoms with Crippen LogP contribution in [0, 0.1) is 5.82 Å². The highest BCUT2D eigenvalue weighted by atomic mass is 19.1. The minimum absolute atomic E-state index is 0.0772. The zero-order valence-electron chi connectivity index (χ0n) is 9.77. The van der Waals surface area contributed by atoms with E-state index >= 15 is 0 Å². The number of nitrogens with two attached hydrogens (primary N) is 1. The van der Waals surface area contributed by atoms with Crippen molar-refractivity contribution < 1.29 is 8.91 Å². The molecule has 1 saturated heterocycles. The van der Waals surface area contributed by atoms with E-state index in [1.165, 1.54) is 12.1 Å². The number of rotatable bonds is 2. The Morgan fingerprint density at radius 1 is 1.28 bits per heavy atom. The molecule has 0 bridgehead atoms. The fourth-order valence-electron chi connectivity index (χ4n) is 2.06. The Balaban J connectivity index is 1.89. The van der Waals surface area contributed by atoms with Crippen molar-refractivity contribution in [2.45, 2.75) is 12.8 Å². The summed E-state index contributed by atoms with van der Waals surface area (Å²) in [6.07, 6.45) is 2.29. The fourth-order valence-corrected chi connectivity index (χ4v) is 2.06. The molecule has 0 atom stereocenters. The van der Waals surface area contributed by atoms with Gasteiger partial charge in [0.2, 0.25) is 0 Å².